The van der Waals surface area contributed by atoms with Gasteiger partial charge in [-0.05, 0) is 36.5 Å². The SMILES string of the molecule is CC[C@H](C)[C@@H]1NC(=O)CNC(=O)C2Cc3c([nH]c4cc(O)ccc34)SCC(NC(=O)CNC1=O)C(=O)N[C@@H](CC(N)=O)C(=O)N1CCC[C@]1(C=O)N[C@@H]([C@@H](C)[C@@H](O)CO)C(=O)N2. The molecule has 23 heteroatoms. The van der Waals surface area contributed by atoms with Crippen LogP contribution in [0.2, 0.25) is 0 Å². The minimum atomic E-state index is -2.00. The Hall–Kier alpha value is -5.78. The number of aliphatic hydroxyl groups is 2. The number of rotatable bonds is 8. The first-order valence-corrected chi connectivity index (χ1v) is 21.2. The smallest absolute Gasteiger partial charge is 0.247 e. The van der Waals surface area contributed by atoms with Gasteiger partial charge in [-0.3, -0.25) is 48.5 Å². The summed E-state index contributed by atoms with van der Waals surface area (Å²) < 4.78 is 0. The predicted molar refractivity (Wildman–Crippen MR) is 220 cm³/mol. The Labute approximate surface area is 360 Å². The highest BCUT2D eigenvalue weighted by Crippen LogP contribution is 2.34. The number of thioether (sulfide) groups is 1. The van der Waals surface area contributed by atoms with Crippen LogP contribution in [-0.4, -0.2) is 153 Å². The molecule has 22 nitrogen and oxygen atoms in total. The maximum Gasteiger partial charge on any atom is 0.247 e. The van der Waals surface area contributed by atoms with Crippen molar-refractivity contribution in [1.82, 2.24) is 47.1 Å². The molecule has 4 heterocycles. The molecule has 0 aliphatic carbocycles. The quantitative estimate of drug-likeness (QED) is 0.113. The fourth-order valence-electron chi connectivity index (χ4n) is 7.72. The molecule has 8 amide bonds. The van der Waals surface area contributed by atoms with Gasteiger partial charge in [0.1, 0.15) is 29.9 Å². The lowest BCUT2D eigenvalue weighted by Crippen LogP contribution is -2.69. The normalized spacial score (nSPS) is 27.7. The third-order valence-corrected chi connectivity index (χ3v) is 12.6. The molecular formula is C39H54N10O12S. The molecule has 5 rings (SSSR count). The molecule has 2 aromatic rings. The lowest BCUT2D eigenvalue weighted by molar-refractivity contribution is -0.147. The Morgan fingerprint density at radius 2 is 1.65 bits per heavy atom. The second kappa shape index (κ2) is 20.4. The number of phenolic OH excluding ortho intramolecular Hbond substituents is 1. The largest absolute Gasteiger partial charge is 0.508 e. The summed E-state index contributed by atoms with van der Waals surface area (Å²) in [7, 11) is 0. The monoisotopic (exact) mass is 886 g/mol. The van der Waals surface area contributed by atoms with Crippen molar-refractivity contribution in [3.63, 3.8) is 0 Å². The highest BCUT2D eigenvalue weighted by Gasteiger charge is 2.50. The first-order chi connectivity index (χ1) is 29.4. The van der Waals surface area contributed by atoms with Crippen molar-refractivity contribution < 1.29 is 58.5 Å². The number of primary amides is 1. The third kappa shape index (κ3) is 10.8. The van der Waals surface area contributed by atoms with Crippen LogP contribution in [0.3, 0.4) is 0 Å². The van der Waals surface area contributed by atoms with Gasteiger partial charge in [0.15, 0.2) is 11.9 Å². The molecule has 2 bridgehead atoms. The number of nitrogens with two attached hydrogens (primary N) is 1. The minimum Gasteiger partial charge on any atom is -0.508 e. The van der Waals surface area contributed by atoms with E-state index in [0.29, 0.717) is 34.2 Å². The summed E-state index contributed by atoms with van der Waals surface area (Å²) >= 11 is 0.980. The summed E-state index contributed by atoms with van der Waals surface area (Å²) in [6, 6.07) is -3.16. The van der Waals surface area contributed by atoms with Gasteiger partial charge in [-0.2, -0.15) is 0 Å². The van der Waals surface area contributed by atoms with Gasteiger partial charge in [0.05, 0.1) is 48.8 Å². The molecule has 0 spiro atoms. The third-order valence-electron chi connectivity index (χ3n) is 11.5. The molecule has 338 valence electrons. The van der Waals surface area contributed by atoms with Crippen LogP contribution in [0.25, 0.3) is 10.9 Å². The second-order valence-electron chi connectivity index (χ2n) is 15.8. The topological polar surface area (TPSA) is 344 Å². The second-order valence-corrected chi connectivity index (χ2v) is 16.9. The number of amides is 8. The summed E-state index contributed by atoms with van der Waals surface area (Å²) in [5.41, 5.74) is 4.31. The number of H-pyrrole nitrogens is 1. The molecule has 0 saturated carbocycles. The average Bonchev–Trinajstić information content (AvgIpc) is 3.82. The molecule has 9 atom stereocenters. The molecule has 3 aliphatic heterocycles. The number of hydrogen-bond donors (Lipinski definition) is 12. The number of carbonyl (C=O) groups is 9. The van der Waals surface area contributed by atoms with E-state index in [1.54, 1.807) is 19.9 Å². The molecule has 62 heavy (non-hydrogen) atoms. The number of nitrogens with zero attached hydrogens (tertiary/aromatic N) is 1. The zero-order valence-corrected chi connectivity index (χ0v) is 35.3. The van der Waals surface area contributed by atoms with E-state index >= 15 is 0 Å². The van der Waals surface area contributed by atoms with E-state index in [1.165, 1.54) is 19.1 Å². The minimum absolute atomic E-state index is 0.0888. The van der Waals surface area contributed by atoms with Crippen LogP contribution in [-0.2, 0) is 49.6 Å². The van der Waals surface area contributed by atoms with Crippen molar-refractivity contribution in [1.29, 1.82) is 0 Å². The van der Waals surface area contributed by atoms with Gasteiger partial charge in [-0.1, -0.05) is 27.2 Å². The lowest BCUT2D eigenvalue weighted by atomic mass is 9.92. The van der Waals surface area contributed by atoms with E-state index in [0.717, 1.165) is 16.7 Å². The molecule has 1 saturated heterocycles. The van der Waals surface area contributed by atoms with E-state index in [2.05, 4.69) is 42.2 Å². The summed E-state index contributed by atoms with van der Waals surface area (Å²) in [5, 5.41) is 50.2. The highest BCUT2D eigenvalue weighted by molar-refractivity contribution is 7.99. The molecule has 1 aromatic carbocycles. The summed E-state index contributed by atoms with van der Waals surface area (Å²) in [6.07, 6.45) is -1.75. The number of benzene rings is 1. The van der Waals surface area contributed by atoms with Gasteiger partial charge in [0.25, 0.3) is 0 Å². The number of nitrogens with one attached hydrogen (secondary N) is 8. The maximum absolute atomic E-state index is 14.6. The van der Waals surface area contributed by atoms with Gasteiger partial charge in [-0.15, -0.1) is 11.8 Å². The van der Waals surface area contributed by atoms with Gasteiger partial charge < -0.3 is 62.8 Å². The molecule has 3 aliphatic rings. The zero-order chi connectivity index (χ0) is 45.5. The summed E-state index contributed by atoms with van der Waals surface area (Å²) in [4.78, 5) is 127. The fourth-order valence-corrected chi connectivity index (χ4v) is 8.84. The van der Waals surface area contributed by atoms with Gasteiger partial charge in [0, 0.05) is 36.1 Å². The number of aromatic nitrogens is 1. The molecular weight excluding hydrogens is 833 g/mol. The zero-order valence-electron chi connectivity index (χ0n) is 34.4. The van der Waals surface area contributed by atoms with Crippen LogP contribution >= 0.6 is 11.8 Å². The Bertz CT molecular complexity index is 2080. The number of fused-ring (bicyclic) bond motifs is 5. The van der Waals surface area contributed by atoms with E-state index in [1.807, 2.05) is 0 Å². The van der Waals surface area contributed by atoms with Gasteiger partial charge in [-0.25, -0.2) is 0 Å². The van der Waals surface area contributed by atoms with Crippen LogP contribution < -0.4 is 43.0 Å². The standard InChI is InChI=1S/C39H54N10O12S/c1-4-18(2)31-35(59)42-13-29(55)43-26-16-62-37-22(21-7-6-20(52)10-23(21)46-37)11-24(33(57)41-14-30(56)47-31)44-36(60)32(19(3)27(53)15-50)48-39(17-51)8-5-9-49(39)38(61)25(12-28(40)54)45-34(26)58/h6-7,10,17-19,24-27,31-32,46,48,50,52-53H,4-5,8-9,11-16H2,1-3H3,(H2,40,54)(H,41,57)(H,42,59)(H,43,55)(H,44,60)(H,45,58)(H,47,56)/t18-,19-,24?,25-,26?,27-,31-,32-,39-/m0/s1. The van der Waals surface area contributed by atoms with E-state index in [9.17, 15) is 58.5 Å². The number of hydrogen-bond acceptors (Lipinski definition) is 14. The first-order valence-electron chi connectivity index (χ1n) is 20.3. The summed E-state index contributed by atoms with van der Waals surface area (Å²) in [5.74, 6) is -9.20. The molecule has 1 aromatic heterocycles. The Kier molecular flexibility index (Phi) is 15.5. The number of phenols is 1. The van der Waals surface area contributed by atoms with E-state index in [4.69, 9.17) is 5.73 Å². The fraction of sp³-hybridized carbons (Fsp3) is 0.564. The van der Waals surface area contributed by atoms with Gasteiger partial charge in [0.2, 0.25) is 47.3 Å². The van der Waals surface area contributed by atoms with Crippen molar-refractivity contribution in [2.45, 2.75) is 99.9 Å². The van der Waals surface area contributed by atoms with Gasteiger partial charge >= 0.3 is 0 Å². The number of aromatic hydroxyl groups is 1. The number of aromatic amines is 1. The van der Waals surface area contributed by atoms with Crippen molar-refractivity contribution in [2.75, 3.05) is 32.0 Å². The molecule has 1 fully saturated rings. The van der Waals surface area contributed by atoms with E-state index < -0.39 is 127 Å². The number of aldehydes is 1. The number of aliphatic hydroxyl groups excluding tert-OH is 2. The van der Waals surface area contributed by atoms with Crippen molar-refractivity contribution in [2.24, 2.45) is 17.6 Å². The Balaban J connectivity index is 1.73. The predicted octanol–water partition coefficient (Wildman–Crippen LogP) is -3.91. The van der Waals surface area contributed by atoms with Crippen molar-refractivity contribution >= 4 is 76.2 Å². The summed E-state index contributed by atoms with van der Waals surface area (Å²) in [6.45, 7) is 2.60. The maximum atomic E-state index is 14.6. The molecule has 2 unspecified atom stereocenters. The Morgan fingerprint density at radius 1 is 0.952 bits per heavy atom. The highest BCUT2D eigenvalue weighted by atomic mass is 32.2. The average molecular weight is 887 g/mol. The van der Waals surface area contributed by atoms with Crippen LogP contribution in [0, 0.1) is 11.8 Å². The van der Waals surface area contributed by atoms with Crippen LogP contribution in [0.1, 0.15) is 52.0 Å². The lowest BCUT2D eigenvalue weighted by Gasteiger charge is -2.41. The first kappa shape index (κ1) is 47.3. The van der Waals surface area contributed by atoms with Crippen molar-refractivity contribution in [3.8, 4) is 5.75 Å². The molecule has 0 radical (unpaired) electrons. The van der Waals surface area contributed by atoms with Crippen LogP contribution in [0.4, 0.5) is 0 Å². The number of carbonyl (C=O) groups excluding carboxylic acids is 9. The van der Waals surface area contributed by atoms with E-state index in [-0.39, 0.29) is 37.3 Å². The molecule has 13 N–H and O–H groups in total. The van der Waals surface area contributed by atoms with Crippen LogP contribution in [0.15, 0.2) is 23.2 Å². The Morgan fingerprint density at radius 3 is 2.31 bits per heavy atom. The van der Waals surface area contributed by atoms with Crippen molar-refractivity contribution in [3.05, 3.63) is 23.8 Å². The van der Waals surface area contributed by atoms with Crippen LogP contribution in [0.5, 0.6) is 5.75 Å².